The van der Waals surface area contributed by atoms with Crippen molar-refractivity contribution >= 4 is 15.9 Å². The third kappa shape index (κ3) is 4.20. The first kappa shape index (κ1) is 19.9. The van der Waals surface area contributed by atoms with E-state index in [1.165, 1.54) is 56.4 Å². The van der Waals surface area contributed by atoms with E-state index in [2.05, 4.69) is 0 Å². The third-order valence-electron chi connectivity index (χ3n) is 3.85. The van der Waals surface area contributed by atoms with E-state index in [1.807, 2.05) is 0 Å². The highest BCUT2D eigenvalue weighted by molar-refractivity contribution is 7.89. The fourth-order valence-electron chi connectivity index (χ4n) is 2.36. The Morgan fingerprint density at radius 1 is 1.08 bits per heavy atom. The second kappa shape index (κ2) is 7.84. The fourth-order valence-corrected chi connectivity index (χ4v) is 3.44. The number of hydrogen-bond donors (Lipinski definition) is 0. The summed E-state index contributed by atoms with van der Waals surface area (Å²) in [7, 11) is 2.00. The van der Waals surface area contributed by atoms with Crippen LogP contribution in [0.5, 0.6) is 5.75 Å². The number of carbonyl (C=O) groups excluding carboxylic acids is 1. The number of methoxy groups -OCH3 is 1. The Morgan fingerprint density at radius 3 is 2.23 bits per heavy atom. The van der Waals surface area contributed by atoms with E-state index >= 15 is 0 Å². The van der Waals surface area contributed by atoms with Crippen molar-refractivity contribution in [3.8, 4) is 5.75 Å². The van der Waals surface area contributed by atoms with Crippen molar-refractivity contribution in [3.05, 3.63) is 59.4 Å². The van der Waals surface area contributed by atoms with Crippen LogP contribution >= 0.6 is 0 Å². The van der Waals surface area contributed by atoms with Gasteiger partial charge in [-0.15, -0.1) is 0 Å². The molecular formula is C18H21FN2O4S. The Hall–Kier alpha value is -2.45. The monoisotopic (exact) mass is 380 g/mol. The summed E-state index contributed by atoms with van der Waals surface area (Å²) in [5.74, 6) is -0.542. The first-order valence-corrected chi connectivity index (χ1v) is 9.21. The molecule has 0 aromatic heterocycles. The molecule has 0 heterocycles. The van der Waals surface area contributed by atoms with E-state index in [-0.39, 0.29) is 34.5 Å². The van der Waals surface area contributed by atoms with Crippen LogP contribution in [0.3, 0.4) is 0 Å². The van der Waals surface area contributed by atoms with Crippen LogP contribution in [0.15, 0.2) is 47.4 Å². The molecule has 0 N–H and O–H groups in total. The van der Waals surface area contributed by atoms with Crippen molar-refractivity contribution in [2.75, 3.05) is 28.3 Å². The molecule has 0 aliphatic carbocycles. The van der Waals surface area contributed by atoms with Crippen molar-refractivity contribution in [3.63, 3.8) is 0 Å². The number of ether oxygens (including phenoxy) is 1. The largest absolute Gasteiger partial charge is 0.495 e. The standard InChI is InChI=1S/C18H21FN2O4S/c1-20(2)26(23,24)17-11-14(7-10-16(17)25-4)18(22)21(3)12-13-5-8-15(19)9-6-13/h5-11H,12H2,1-4H3. The van der Waals surface area contributed by atoms with E-state index < -0.39 is 10.0 Å². The van der Waals surface area contributed by atoms with Crippen LogP contribution in [0, 0.1) is 5.82 Å². The van der Waals surface area contributed by atoms with Crippen molar-refractivity contribution in [1.82, 2.24) is 9.21 Å². The van der Waals surface area contributed by atoms with E-state index in [0.717, 1.165) is 9.87 Å². The number of amides is 1. The van der Waals surface area contributed by atoms with Crippen LogP contribution in [0.4, 0.5) is 4.39 Å². The Labute approximate surface area is 152 Å². The lowest BCUT2D eigenvalue weighted by atomic mass is 10.1. The van der Waals surface area contributed by atoms with Crippen LogP contribution in [-0.4, -0.2) is 51.8 Å². The number of nitrogens with zero attached hydrogens (tertiary/aromatic N) is 2. The molecule has 2 aromatic rings. The fraction of sp³-hybridized carbons (Fsp3) is 0.278. The summed E-state index contributed by atoms with van der Waals surface area (Å²) in [5.41, 5.74) is 0.979. The lowest BCUT2D eigenvalue weighted by molar-refractivity contribution is 0.0785. The highest BCUT2D eigenvalue weighted by Gasteiger charge is 2.24. The topological polar surface area (TPSA) is 66.9 Å². The zero-order valence-corrected chi connectivity index (χ0v) is 15.9. The van der Waals surface area contributed by atoms with Gasteiger partial charge in [-0.05, 0) is 35.9 Å². The van der Waals surface area contributed by atoms with Gasteiger partial charge in [-0.2, -0.15) is 0 Å². The molecule has 2 aromatic carbocycles. The van der Waals surface area contributed by atoms with Crippen LogP contribution in [0.2, 0.25) is 0 Å². The average molecular weight is 380 g/mol. The van der Waals surface area contributed by atoms with Crippen LogP contribution in [-0.2, 0) is 16.6 Å². The molecule has 0 saturated carbocycles. The minimum atomic E-state index is -3.77. The molecule has 0 bridgehead atoms. The van der Waals surface area contributed by atoms with Gasteiger partial charge in [0.2, 0.25) is 10.0 Å². The van der Waals surface area contributed by atoms with Gasteiger partial charge < -0.3 is 9.64 Å². The molecule has 0 aliphatic heterocycles. The molecule has 1 amide bonds. The lowest BCUT2D eigenvalue weighted by Gasteiger charge is -2.19. The van der Waals surface area contributed by atoms with Gasteiger partial charge in [0.15, 0.2) is 0 Å². The average Bonchev–Trinajstić information content (AvgIpc) is 2.62. The summed E-state index contributed by atoms with van der Waals surface area (Å²) >= 11 is 0. The Balaban J connectivity index is 2.32. The molecule has 6 nitrogen and oxygen atoms in total. The minimum absolute atomic E-state index is 0.0777. The maximum absolute atomic E-state index is 13.0. The van der Waals surface area contributed by atoms with Crippen LogP contribution in [0.25, 0.3) is 0 Å². The second-order valence-electron chi connectivity index (χ2n) is 5.94. The molecule has 140 valence electrons. The van der Waals surface area contributed by atoms with Gasteiger partial charge in [0, 0.05) is 33.3 Å². The summed E-state index contributed by atoms with van der Waals surface area (Å²) < 4.78 is 44.1. The lowest BCUT2D eigenvalue weighted by Crippen LogP contribution is -2.27. The summed E-state index contributed by atoms with van der Waals surface area (Å²) in [5, 5.41) is 0. The van der Waals surface area contributed by atoms with Crippen LogP contribution < -0.4 is 4.74 Å². The SMILES string of the molecule is COc1ccc(C(=O)N(C)Cc2ccc(F)cc2)cc1S(=O)(=O)N(C)C. The summed E-state index contributed by atoms with van der Waals surface area (Å²) in [6.45, 7) is 0.265. The zero-order valence-electron chi connectivity index (χ0n) is 15.1. The molecule has 0 aliphatic rings. The van der Waals surface area contributed by atoms with Crippen molar-refractivity contribution in [2.45, 2.75) is 11.4 Å². The van der Waals surface area contributed by atoms with Crippen LogP contribution in [0.1, 0.15) is 15.9 Å². The number of sulfonamides is 1. The maximum Gasteiger partial charge on any atom is 0.253 e. The van der Waals surface area contributed by atoms with Gasteiger partial charge >= 0.3 is 0 Å². The van der Waals surface area contributed by atoms with Crippen molar-refractivity contribution < 1.29 is 22.3 Å². The van der Waals surface area contributed by atoms with E-state index in [9.17, 15) is 17.6 Å². The Bertz CT molecular complexity index is 896. The predicted molar refractivity (Wildman–Crippen MR) is 96.1 cm³/mol. The molecule has 0 fully saturated rings. The first-order valence-electron chi connectivity index (χ1n) is 7.77. The molecule has 0 atom stereocenters. The quantitative estimate of drug-likeness (QED) is 0.772. The molecule has 26 heavy (non-hydrogen) atoms. The van der Waals surface area contributed by atoms with E-state index in [1.54, 1.807) is 19.2 Å². The highest BCUT2D eigenvalue weighted by Crippen LogP contribution is 2.27. The zero-order chi connectivity index (χ0) is 19.5. The van der Waals surface area contributed by atoms with Gasteiger partial charge in [-0.1, -0.05) is 12.1 Å². The third-order valence-corrected chi connectivity index (χ3v) is 5.69. The summed E-state index contributed by atoms with van der Waals surface area (Å²) in [4.78, 5) is 14.0. The normalized spacial score (nSPS) is 11.5. The second-order valence-corrected chi connectivity index (χ2v) is 8.06. The molecule has 0 radical (unpaired) electrons. The number of benzene rings is 2. The van der Waals surface area contributed by atoms with E-state index in [4.69, 9.17) is 4.74 Å². The van der Waals surface area contributed by atoms with Crippen molar-refractivity contribution in [2.24, 2.45) is 0 Å². The Kier molecular flexibility index (Phi) is 5.99. The number of halogens is 1. The minimum Gasteiger partial charge on any atom is -0.495 e. The molecule has 0 unspecified atom stereocenters. The van der Waals surface area contributed by atoms with Gasteiger partial charge in [-0.3, -0.25) is 4.79 Å². The van der Waals surface area contributed by atoms with Gasteiger partial charge in [0.05, 0.1) is 7.11 Å². The number of rotatable bonds is 6. The summed E-state index contributed by atoms with van der Waals surface area (Å²) in [6, 6.07) is 10.1. The van der Waals surface area contributed by atoms with Gasteiger partial charge in [0.1, 0.15) is 16.5 Å². The first-order chi connectivity index (χ1) is 12.2. The smallest absolute Gasteiger partial charge is 0.253 e. The molecule has 0 spiro atoms. The van der Waals surface area contributed by atoms with Crippen molar-refractivity contribution in [1.29, 1.82) is 0 Å². The van der Waals surface area contributed by atoms with Gasteiger partial charge in [-0.25, -0.2) is 17.1 Å². The molecule has 2 rings (SSSR count). The van der Waals surface area contributed by atoms with Gasteiger partial charge in [0.25, 0.3) is 5.91 Å². The summed E-state index contributed by atoms with van der Waals surface area (Å²) in [6.07, 6.45) is 0. The number of hydrogen-bond acceptors (Lipinski definition) is 4. The van der Waals surface area contributed by atoms with E-state index in [0.29, 0.717) is 0 Å². The molecular weight excluding hydrogens is 359 g/mol. The number of carbonyl (C=O) groups is 1. The molecule has 8 heteroatoms. The molecule has 0 saturated heterocycles. The highest BCUT2D eigenvalue weighted by atomic mass is 32.2. The maximum atomic E-state index is 13.0. The predicted octanol–water partition coefficient (Wildman–Crippen LogP) is 2.36. The Morgan fingerprint density at radius 2 is 1.69 bits per heavy atom.